The third-order valence-corrected chi connectivity index (χ3v) is 2.37. The van der Waals surface area contributed by atoms with Crippen molar-refractivity contribution in [1.29, 1.82) is 0 Å². The summed E-state index contributed by atoms with van der Waals surface area (Å²) in [5.74, 6) is 0. The summed E-state index contributed by atoms with van der Waals surface area (Å²) in [6.45, 7) is 6.28. The van der Waals surface area contributed by atoms with Crippen molar-refractivity contribution in [3.05, 3.63) is 0 Å². The molecule has 0 spiro atoms. The third-order valence-electron chi connectivity index (χ3n) is 1.83. The van der Waals surface area contributed by atoms with E-state index in [1.807, 2.05) is 0 Å². The Bertz CT molecular complexity index is 151. The van der Waals surface area contributed by atoms with Gasteiger partial charge < -0.3 is 10.2 Å². The molecule has 11 heavy (non-hydrogen) atoms. The minimum atomic E-state index is 0.517. The smallest absolute Gasteiger partial charge is 0.133 e. The highest BCUT2D eigenvalue weighted by atomic mass is 32.1. The van der Waals surface area contributed by atoms with Gasteiger partial charge >= 0.3 is 0 Å². The van der Waals surface area contributed by atoms with E-state index in [9.17, 15) is 0 Å². The van der Waals surface area contributed by atoms with Crippen molar-refractivity contribution in [2.45, 2.75) is 25.9 Å². The van der Waals surface area contributed by atoms with Crippen LogP contribution in [0.5, 0.6) is 0 Å². The summed E-state index contributed by atoms with van der Waals surface area (Å²) < 4.78 is 0.713. The average molecular weight is 190 g/mol. The first kappa shape index (κ1) is 9.29. The first-order chi connectivity index (χ1) is 5.09. The molecule has 1 saturated heterocycles. The Hall–Kier alpha value is 0.200. The summed E-state index contributed by atoms with van der Waals surface area (Å²) in [5.41, 5.74) is 0. The van der Waals surface area contributed by atoms with Crippen LogP contribution in [0.3, 0.4) is 0 Å². The van der Waals surface area contributed by atoms with Crippen molar-refractivity contribution in [2.75, 3.05) is 13.1 Å². The van der Waals surface area contributed by atoms with Crippen LogP contribution in [0.4, 0.5) is 0 Å². The van der Waals surface area contributed by atoms with E-state index in [2.05, 4.69) is 36.7 Å². The number of nitrogens with one attached hydrogen (secondary N) is 1. The lowest BCUT2D eigenvalue weighted by molar-refractivity contribution is 0.261. The lowest BCUT2D eigenvalue weighted by atomic mass is 10.2. The number of hydrogen-bond donors (Lipinski definition) is 2. The molecule has 0 unspecified atom stereocenters. The third kappa shape index (κ3) is 2.61. The molecular weight excluding hydrogens is 176 g/mol. The van der Waals surface area contributed by atoms with E-state index >= 15 is 0 Å². The maximum Gasteiger partial charge on any atom is 0.133 e. The van der Waals surface area contributed by atoms with Gasteiger partial charge in [-0.05, 0) is 13.8 Å². The molecule has 0 aliphatic carbocycles. The van der Waals surface area contributed by atoms with E-state index < -0.39 is 0 Å². The average Bonchev–Trinajstić information content (AvgIpc) is 1.85. The van der Waals surface area contributed by atoms with Crippen LogP contribution in [0.2, 0.25) is 0 Å². The second kappa shape index (κ2) is 3.74. The highest BCUT2D eigenvalue weighted by Gasteiger charge is 2.20. The number of rotatable bonds is 0. The van der Waals surface area contributed by atoms with Gasteiger partial charge in [0.15, 0.2) is 0 Å². The molecule has 0 saturated carbocycles. The van der Waals surface area contributed by atoms with E-state index in [1.54, 1.807) is 0 Å². The lowest BCUT2D eigenvalue weighted by Gasteiger charge is -2.36. The summed E-state index contributed by atoms with van der Waals surface area (Å²) in [6, 6.07) is 1.03. The zero-order valence-electron chi connectivity index (χ0n) is 6.87. The lowest BCUT2D eigenvalue weighted by Crippen LogP contribution is -2.54. The van der Waals surface area contributed by atoms with E-state index in [0.29, 0.717) is 16.4 Å². The zero-order valence-corrected chi connectivity index (χ0v) is 8.58. The summed E-state index contributed by atoms with van der Waals surface area (Å²) in [6.07, 6.45) is 0. The van der Waals surface area contributed by atoms with Gasteiger partial charge in [-0.25, -0.2) is 0 Å². The van der Waals surface area contributed by atoms with Gasteiger partial charge in [-0.2, -0.15) is 0 Å². The Kier molecular flexibility index (Phi) is 3.16. The molecule has 0 aromatic rings. The summed E-state index contributed by atoms with van der Waals surface area (Å²) in [7, 11) is 0. The van der Waals surface area contributed by atoms with E-state index in [0.717, 1.165) is 13.1 Å². The molecule has 1 aliphatic heterocycles. The van der Waals surface area contributed by atoms with E-state index in [-0.39, 0.29) is 0 Å². The van der Waals surface area contributed by atoms with Gasteiger partial charge in [0.2, 0.25) is 0 Å². The first-order valence-electron chi connectivity index (χ1n) is 3.83. The predicted octanol–water partition coefficient (Wildman–Crippen LogP) is 0.883. The van der Waals surface area contributed by atoms with Crippen molar-refractivity contribution >= 4 is 29.2 Å². The maximum atomic E-state index is 4.98. The fraction of sp³-hybridized carbons (Fsp3) is 0.857. The van der Waals surface area contributed by atoms with Crippen LogP contribution in [0.15, 0.2) is 0 Å². The molecule has 1 heterocycles. The summed E-state index contributed by atoms with van der Waals surface area (Å²) >= 11 is 9.14. The number of thiocarbonyl (C=S) groups is 1. The van der Waals surface area contributed by atoms with Crippen molar-refractivity contribution in [3.8, 4) is 0 Å². The van der Waals surface area contributed by atoms with Gasteiger partial charge in [-0.1, -0.05) is 12.2 Å². The van der Waals surface area contributed by atoms with Crippen LogP contribution in [-0.4, -0.2) is 34.4 Å². The largest absolute Gasteiger partial charge is 0.355 e. The molecule has 0 aromatic carbocycles. The molecule has 0 bridgehead atoms. The zero-order chi connectivity index (χ0) is 8.43. The van der Waals surface area contributed by atoms with Crippen LogP contribution in [-0.2, 0) is 0 Å². The van der Waals surface area contributed by atoms with E-state index in [4.69, 9.17) is 12.2 Å². The summed E-state index contributed by atoms with van der Waals surface area (Å²) in [5, 5.41) is 3.43. The van der Waals surface area contributed by atoms with Crippen LogP contribution in [0.1, 0.15) is 13.8 Å². The van der Waals surface area contributed by atoms with Gasteiger partial charge in [0.25, 0.3) is 0 Å². The Morgan fingerprint density at radius 2 is 1.91 bits per heavy atom. The SMILES string of the molecule is C[C@@H]1CN(C(=S)S)C[C@H](C)N1. The van der Waals surface area contributed by atoms with Gasteiger partial charge in [0.1, 0.15) is 4.32 Å². The van der Waals surface area contributed by atoms with Crippen LogP contribution in [0, 0.1) is 0 Å². The van der Waals surface area contributed by atoms with Crippen molar-refractivity contribution < 1.29 is 0 Å². The van der Waals surface area contributed by atoms with E-state index in [1.165, 1.54) is 0 Å². The van der Waals surface area contributed by atoms with Crippen LogP contribution in [0.25, 0.3) is 0 Å². The summed E-state index contributed by atoms with van der Waals surface area (Å²) in [4.78, 5) is 2.13. The van der Waals surface area contributed by atoms with Gasteiger partial charge in [0.05, 0.1) is 0 Å². The van der Waals surface area contributed by atoms with Gasteiger partial charge in [-0.3, -0.25) is 0 Å². The molecule has 64 valence electrons. The highest BCUT2D eigenvalue weighted by Crippen LogP contribution is 2.06. The molecule has 0 amide bonds. The molecule has 2 nitrogen and oxygen atoms in total. The van der Waals surface area contributed by atoms with Crippen molar-refractivity contribution in [1.82, 2.24) is 10.2 Å². The molecule has 4 heteroatoms. The monoisotopic (exact) mass is 190 g/mol. The number of nitrogens with zero attached hydrogens (tertiary/aromatic N) is 1. The molecule has 0 radical (unpaired) electrons. The first-order valence-corrected chi connectivity index (χ1v) is 4.69. The Morgan fingerprint density at radius 1 is 1.45 bits per heavy atom. The topological polar surface area (TPSA) is 15.3 Å². The molecular formula is C7H14N2S2. The van der Waals surface area contributed by atoms with Crippen LogP contribution < -0.4 is 5.32 Å². The van der Waals surface area contributed by atoms with Gasteiger partial charge in [-0.15, -0.1) is 12.6 Å². The molecule has 1 aliphatic rings. The number of thiol groups is 1. The van der Waals surface area contributed by atoms with Gasteiger partial charge in [0, 0.05) is 25.2 Å². The molecule has 1 rings (SSSR count). The Morgan fingerprint density at radius 3 is 2.27 bits per heavy atom. The number of piperazine rings is 1. The highest BCUT2D eigenvalue weighted by molar-refractivity contribution is 8.10. The molecule has 2 atom stereocenters. The molecule has 1 N–H and O–H groups in total. The quantitative estimate of drug-likeness (QED) is 0.436. The molecule has 1 fully saturated rings. The maximum absolute atomic E-state index is 4.98. The van der Waals surface area contributed by atoms with Crippen LogP contribution >= 0.6 is 24.8 Å². The fourth-order valence-corrected chi connectivity index (χ4v) is 1.80. The molecule has 0 aromatic heterocycles. The van der Waals surface area contributed by atoms with Crippen molar-refractivity contribution in [2.24, 2.45) is 0 Å². The van der Waals surface area contributed by atoms with Crippen molar-refractivity contribution in [3.63, 3.8) is 0 Å². The standard InChI is InChI=1S/C7H14N2S2/c1-5-3-9(7(10)11)4-6(2)8-5/h5-6,8H,3-4H2,1-2H3,(H,10,11)/t5-,6+. The minimum Gasteiger partial charge on any atom is -0.355 e. The second-order valence-electron chi connectivity index (χ2n) is 3.16. The fourth-order valence-electron chi connectivity index (χ4n) is 1.48. The minimum absolute atomic E-state index is 0.517. The Balaban J connectivity index is 2.49. The predicted molar refractivity (Wildman–Crippen MR) is 55.2 cm³/mol. The number of hydrogen-bond acceptors (Lipinski definition) is 2. The normalized spacial score (nSPS) is 32.1. The Labute approximate surface area is 78.7 Å². The second-order valence-corrected chi connectivity index (χ2v) is 4.27.